The normalized spacial score (nSPS) is 10.8. The minimum absolute atomic E-state index is 0.0512. The Kier molecular flexibility index (Phi) is 5.07. The van der Waals surface area contributed by atoms with Crippen molar-refractivity contribution in [3.05, 3.63) is 64.5 Å². The monoisotopic (exact) mass is 367 g/mol. The largest absolute Gasteiger partial charge is 0.349 e. The SMILES string of the molecule is CCN(CC)C(=O)c1cc(-c2cccn2C)nn1-c1cccc([N+](=O)[O-])c1. The Labute approximate surface area is 156 Å². The molecule has 0 aliphatic rings. The van der Waals surface area contributed by atoms with Gasteiger partial charge in [-0.15, -0.1) is 0 Å². The number of nitro benzene ring substituents is 1. The lowest BCUT2D eigenvalue weighted by atomic mass is 10.2. The molecule has 2 heterocycles. The maximum absolute atomic E-state index is 13.0. The van der Waals surface area contributed by atoms with E-state index in [1.165, 1.54) is 16.8 Å². The van der Waals surface area contributed by atoms with Crippen molar-refractivity contribution in [2.24, 2.45) is 7.05 Å². The number of nitro groups is 1. The number of benzene rings is 1. The molecule has 0 saturated carbocycles. The maximum atomic E-state index is 13.0. The minimum atomic E-state index is -0.461. The molecule has 0 atom stereocenters. The fourth-order valence-corrected chi connectivity index (χ4v) is 2.99. The lowest BCUT2D eigenvalue weighted by Crippen LogP contribution is -2.32. The van der Waals surface area contributed by atoms with E-state index in [2.05, 4.69) is 5.10 Å². The standard InChI is InChI=1S/C19H21N5O3/c1-4-22(5-2)19(25)18-13-16(17-10-7-11-21(17)3)20-23(18)14-8-6-9-15(12-14)24(26)27/h6-13H,4-5H2,1-3H3. The third-order valence-corrected chi connectivity index (χ3v) is 4.47. The number of carbonyl (C=O) groups excluding carboxylic acids is 1. The van der Waals surface area contributed by atoms with Crippen LogP contribution < -0.4 is 0 Å². The second-order valence-corrected chi connectivity index (χ2v) is 6.09. The van der Waals surface area contributed by atoms with E-state index in [1.807, 2.05) is 43.8 Å². The van der Waals surface area contributed by atoms with E-state index in [-0.39, 0.29) is 11.6 Å². The number of hydrogen-bond donors (Lipinski definition) is 0. The molecule has 3 aromatic rings. The van der Waals surface area contributed by atoms with Gasteiger partial charge >= 0.3 is 0 Å². The van der Waals surface area contributed by atoms with Crippen molar-refractivity contribution in [3.8, 4) is 17.1 Å². The fraction of sp³-hybridized carbons (Fsp3) is 0.263. The van der Waals surface area contributed by atoms with Gasteiger partial charge in [0.25, 0.3) is 11.6 Å². The number of carbonyl (C=O) groups is 1. The first kappa shape index (κ1) is 18.4. The summed E-state index contributed by atoms with van der Waals surface area (Å²) in [6.07, 6.45) is 1.90. The van der Waals surface area contributed by atoms with Gasteiger partial charge in [-0.25, -0.2) is 4.68 Å². The summed E-state index contributed by atoms with van der Waals surface area (Å²) >= 11 is 0. The van der Waals surface area contributed by atoms with Gasteiger partial charge in [0, 0.05) is 38.5 Å². The van der Waals surface area contributed by atoms with Gasteiger partial charge < -0.3 is 9.47 Å². The third-order valence-electron chi connectivity index (χ3n) is 4.47. The first-order valence-electron chi connectivity index (χ1n) is 8.72. The smallest absolute Gasteiger partial charge is 0.272 e. The number of non-ortho nitro benzene ring substituents is 1. The number of aromatic nitrogens is 3. The van der Waals surface area contributed by atoms with Crippen LogP contribution in [0.15, 0.2) is 48.7 Å². The number of aryl methyl sites for hydroxylation is 1. The van der Waals surface area contributed by atoms with Crippen molar-refractivity contribution in [3.63, 3.8) is 0 Å². The van der Waals surface area contributed by atoms with Gasteiger partial charge in [0.2, 0.25) is 0 Å². The molecule has 0 saturated heterocycles. The molecule has 1 amide bonds. The van der Waals surface area contributed by atoms with Gasteiger partial charge in [-0.3, -0.25) is 14.9 Å². The Morgan fingerprint density at radius 2 is 1.93 bits per heavy atom. The van der Waals surface area contributed by atoms with E-state index in [4.69, 9.17) is 0 Å². The first-order chi connectivity index (χ1) is 13.0. The molecule has 1 aromatic carbocycles. The van der Waals surface area contributed by atoms with Crippen LogP contribution in [0.4, 0.5) is 5.69 Å². The molecule has 0 aliphatic carbocycles. The quantitative estimate of drug-likeness (QED) is 0.494. The summed E-state index contributed by atoms with van der Waals surface area (Å²) < 4.78 is 3.39. The van der Waals surface area contributed by atoms with Crippen LogP contribution in [-0.2, 0) is 7.05 Å². The molecular weight excluding hydrogens is 346 g/mol. The average molecular weight is 367 g/mol. The number of nitrogens with zero attached hydrogens (tertiary/aromatic N) is 5. The van der Waals surface area contributed by atoms with E-state index in [0.717, 1.165) is 5.69 Å². The minimum Gasteiger partial charge on any atom is -0.349 e. The molecule has 140 valence electrons. The van der Waals surface area contributed by atoms with Crippen molar-refractivity contribution in [1.82, 2.24) is 19.2 Å². The molecule has 0 fully saturated rings. The Morgan fingerprint density at radius 3 is 2.52 bits per heavy atom. The summed E-state index contributed by atoms with van der Waals surface area (Å²) in [7, 11) is 1.90. The maximum Gasteiger partial charge on any atom is 0.272 e. The molecule has 0 unspecified atom stereocenters. The zero-order chi connectivity index (χ0) is 19.6. The van der Waals surface area contributed by atoms with Gasteiger partial charge in [-0.2, -0.15) is 5.10 Å². The summed E-state index contributed by atoms with van der Waals surface area (Å²) in [6.45, 7) is 4.95. The van der Waals surface area contributed by atoms with Crippen LogP contribution in [0.5, 0.6) is 0 Å². The Bertz CT molecular complexity index is 985. The highest BCUT2D eigenvalue weighted by atomic mass is 16.6. The molecule has 0 bridgehead atoms. The Balaban J connectivity index is 2.17. The third kappa shape index (κ3) is 3.46. The van der Waals surface area contributed by atoms with Crippen LogP contribution in [-0.4, -0.2) is 43.2 Å². The van der Waals surface area contributed by atoms with Crippen molar-refractivity contribution in [2.75, 3.05) is 13.1 Å². The summed E-state index contributed by atoms with van der Waals surface area (Å²) in [6, 6.07) is 11.7. The highest BCUT2D eigenvalue weighted by molar-refractivity contribution is 5.94. The Hall–Kier alpha value is -3.42. The molecule has 3 rings (SSSR count). The molecule has 27 heavy (non-hydrogen) atoms. The van der Waals surface area contributed by atoms with Crippen LogP contribution in [0.3, 0.4) is 0 Å². The summed E-state index contributed by atoms with van der Waals surface area (Å²) in [4.78, 5) is 25.4. The van der Waals surface area contributed by atoms with Crippen molar-refractivity contribution in [1.29, 1.82) is 0 Å². The molecular formula is C19H21N5O3. The molecule has 0 aliphatic heterocycles. The molecule has 0 spiro atoms. The number of hydrogen-bond acceptors (Lipinski definition) is 4. The lowest BCUT2D eigenvalue weighted by molar-refractivity contribution is -0.384. The van der Waals surface area contributed by atoms with Crippen molar-refractivity contribution in [2.45, 2.75) is 13.8 Å². The predicted octanol–water partition coefficient (Wildman–Crippen LogP) is 3.27. The van der Waals surface area contributed by atoms with Gasteiger partial charge in [-0.05, 0) is 38.1 Å². The van der Waals surface area contributed by atoms with Gasteiger partial charge in [0.15, 0.2) is 0 Å². The van der Waals surface area contributed by atoms with Crippen LogP contribution in [0.25, 0.3) is 17.1 Å². The van der Waals surface area contributed by atoms with Crippen LogP contribution >= 0.6 is 0 Å². The number of amides is 1. The highest BCUT2D eigenvalue weighted by Crippen LogP contribution is 2.24. The molecule has 8 heteroatoms. The van der Waals surface area contributed by atoms with E-state index >= 15 is 0 Å². The highest BCUT2D eigenvalue weighted by Gasteiger charge is 2.22. The van der Waals surface area contributed by atoms with Crippen LogP contribution in [0.1, 0.15) is 24.3 Å². The zero-order valence-electron chi connectivity index (χ0n) is 15.5. The predicted molar refractivity (Wildman–Crippen MR) is 102 cm³/mol. The molecule has 0 radical (unpaired) electrons. The van der Waals surface area contributed by atoms with Crippen LogP contribution in [0, 0.1) is 10.1 Å². The topological polar surface area (TPSA) is 86.2 Å². The second kappa shape index (κ2) is 7.45. The molecule has 8 nitrogen and oxygen atoms in total. The van der Waals surface area contributed by atoms with Gasteiger partial charge in [0.05, 0.1) is 16.3 Å². The van der Waals surface area contributed by atoms with Gasteiger partial charge in [-0.1, -0.05) is 6.07 Å². The van der Waals surface area contributed by atoms with Gasteiger partial charge in [0.1, 0.15) is 11.4 Å². The van der Waals surface area contributed by atoms with E-state index < -0.39 is 4.92 Å². The van der Waals surface area contributed by atoms with Crippen LogP contribution in [0.2, 0.25) is 0 Å². The number of rotatable bonds is 6. The van der Waals surface area contributed by atoms with Crippen molar-refractivity contribution >= 4 is 11.6 Å². The molecule has 2 aromatic heterocycles. The van der Waals surface area contributed by atoms with Crippen molar-refractivity contribution < 1.29 is 9.72 Å². The van der Waals surface area contributed by atoms with E-state index in [9.17, 15) is 14.9 Å². The summed E-state index contributed by atoms with van der Waals surface area (Å²) in [5.41, 5.74) is 2.28. The molecule has 0 N–H and O–H groups in total. The zero-order valence-corrected chi connectivity index (χ0v) is 15.5. The fourth-order valence-electron chi connectivity index (χ4n) is 2.99. The summed E-state index contributed by atoms with van der Waals surface area (Å²) in [5.74, 6) is -0.167. The average Bonchev–Trinajstić information content (AvgIpc) is 3.28. The lowest BCUT2D eigenvalue weighted by Gasteiger charge is -2.19. The van der Waals surface area contributed by atoms with E-state index in [1.54, 1.807) is 23.1 Å². The second-order valence-electron chi connectivity index (χ2n) is 6.09. The Morgan fingerprint density at radius 1 is 1.19 bits per heavy atom. The first-order valence-corrected chi connectivity index (χ1v) is 8.72. The van der Waals surface area contributed by atoms with E-state index in [0.29, 0.717) is 30.2 Å². The summed E-state index contributed by atoms with van der Waals surface area (Å²) in [5, 5.41) is 15.7.